The molecule has 0 spiro atoms. The lowest BCUT2D eigenvalue weighted by molar-refractivity contribution is -0.550. The molecule has 5 nitrogen and oxygen atoms in total. The van der Waals surface area contributed by atoms with E-state index in [1.54, 1.807) is 0 Å². The van der Waals surface area contributed by atoms with E-state index in [0.29, 0.717) is 0 Å². The van der Waals surface area contributed by atoms with Crippen molar-refractivity contribution in [3.05, 3.63) is 195 Å². The number of hydrogen-bond donors (Lipinski definition) is 0. The Morgan fingerprint density at radius 3 is 0.403 bits per heavy atom. The molecule has 0 radical (unpaired) electrons. The summed E-state index contributed by atoms with van der Waals surface area (Å²) in [6.45, 7) is 23.8. The van der Waals surface area contributed by atoms with E-state index < -0.39 is 31.4 Å². The third-order valence-corrected chi connectivity index (χ3v) is 18.4. The molecule has 5 aromatic heterocycles. The van der Waals surface area contributed by atoms with Crippen molar-refractivity contribution in [2.75, 3.05) is 0 Å². The molecule has 0 unspecified atom stereocenters. The average Bonchev–Trinajstić information content (AvgIpc) is 3.42. The summed E-state index contributed by atoms with van der Waals surface area (Å²) < 4.78 is 12.8. The number of hydrogen-bond acceptors (Lipinski definition) is 0. The van der Waals surface area contributed by atoms with Gasteiger partial charge in [0.25, 0.3) is 0 Å². The molecule has 6 aliphatic heterocycles. The van der Waals surface area contributed by atoms with E-state index in [4.69, 9.17) is 0 Å². The maximum Gasteiger partial charge on any atom is 0.305 e. The second-order valence-electron chi connectivity index (χ2n) is 20.2. The summed E-state index contributed by atoms with van der Waals surface area (Å²) in [6, 6.07) is 48.5. The summed E-state index contributed by atoms with van der Waals surface area (Å²) in [5, 5.41) is 0. The van der Waals surface area contributed by atoms with Gasteiger partial charge in [-0.15, -0.1) is 90.5 Å². The van der Waals surface area contributed by atoms with Crippen LogP contribution in [-0.4, -0.2) is 31.4 Å². The number of fused-ring (bicyclic) bond motifs is 5. The highest BCUT2D eigenvalue weighted by Crippen LogP contribution is 2.19. The quantitative estimate of drug-likeness (QED) is 0.123. The van der Waals surface area contributed by atoms with E-state index in [1.807, 2.05) is 72.8 Å². The molecular weight excluding hydrogens is 809 g/mol. The summed E-state index contributed by atoms with van der Waals surface area (Å²) >= 11 is 0. The molecule has 350 valence electrons. The molecule has 67 heavy (non-hydrogen) atoms. The van der Waals surface area contributed by atoms with E-state index in [0.717, 1.165) is 63.2 Å². The minimum absolute atomic E-state index is 0.989. The van der Waals surface area contributed by atoms with Crippen molar-refractivity contribution >= 4 is 58.7 Å². The van der Waals surface area contributed by atoms with Crippen LogP contribution in [0.2, 0.25) is 63.2 Å². The molecule has 10 heteroatoms. The Kier molecular flexibility index (Phi) is 17.5. The predicted molar refractivity (Wildman–Crippen MR) is 295 cm³/mol. The maximum atomic E-state index is 2.57. The van der Waals surface area contributed by atoms with E-state index >= 15 is 0 Å². The first-order valence-electron chi connectivity index (χ1n) is 26.7. The monoisotopic (exact) mass is 892 g/mol. The van der Waals surface area contributed by atoms with E-state index in [2.05, 4.69) is 214 Å². The van der Waals surface area contributed by atoms with Crippen molar-refractivity contribution in [1.82, 2.24) is 0 Å². The average molecular weight is 891 g/mol. The molecule has 0 saturated heterocycles. The maximum absolute atomic E-state index is 2.57. The Labute approximate surface area is 407 Å². The van der Waals surface area contributed by atoms with Gasteiger partial charge in [0.1, 0.15) is 62.0 Å². The molecule has 0 amide bonds. The highest BCUT2D eigenvalue weighted by atomic mass is 14.9. The zero-order valence-corrected chi connectivity index (χ0v) is 43.2. The van der Waals surface area contributed by atoms with Crippen molar-refractivity contribution in [3.63, 3.8) is 0 Å². The summed E-state index contributed by atoms with van der Waals surface area (Å²) in [5.41, 5.74) is 7.22. The minimum atomic E-state index is -0.989. The van der Waals surface area contributed by atoms with E-state index in [9.17, 15) is 0 Å². The highest BCUT2D eigenvalue weighted by Gasteiger charge is 2.43. The Balaban J connectivity index is 0.000000535. The van der Waals surface area contributed by atoms with Gasteiger partial charge in [0.15, 0.2) is 0 Å². The van der Waals surface area contributed by atoms with Gasteiger partial charge < -0.3 is 22.4 Å². The molecular formula is C57H82B5N5. The van der Waals surface area contributed by atoms with Crippen LogP contribution in [0.1, 0.15) is 69.2 Å². The van der Waals surface area contributed by atoms with E-state index in [-0.39, 0.29) is 0 Å². The van der Waals surface area contributed by atoms with Crippen molar-refractivity contribution < 1.29 is 22.4 Å². The van der Waals surface area contributed by atoms with Gasteiger partial charge in [-0.2, -0.15) is 0 Å². The van der Waals surface area contributed by atoms with Gasteiger partial charge in [0, 0.05) is 0 Å². The molecule has 6 aliphatic rings. The Hall–Kier alpha value is -5.49. The Morgan fingerprint density at radius 2 is 0.313 bits per heavy atom. The second kappa shape index (κ2) is 23.0. The molecule has 10 bridgehead atoms. The Bertz CT molecular complexity index is 1950. The second-order valence-corrected chi connectivity index (χ2v) is 20.2. The zero-order valence-electron chi connectivity index (χ0n) is 43.2. The SMILES string of the molecule is CC[B-]1(CC)c2cc[n+](cc2)[B-](CC)(CC)c2cc[n+](cc2)[B-](CC)(CC)c2cc[n+](cc2)[B-](CC)(CC)c2cc[n+](cc2)[B-](CC)(CC)c2cc[n+]1cc2.c1ccccc1.c1ccccc1. The molecule has 13 rings (SSSR count). The standard InChI is InChI=1S/C45H70B5N5.2C6H6/c1-11-46(12-2)41-21-33-52(34-22-41)48(15-5,16-6)43-25-37-54(38-26-43)50(19-9,20-10)45-29-39-55(40-30-45)49(17-7,18-8)44-27-35-53(36-28-44)47(13-3,14-4)42-23-31-51(46)32-24-42;2*1-2-4-6-5-3-1/h21-40H,11-20H2,1-10H3;2*1-6H. The number of pyridine rings is 5. The van der Waals surface area contributed by atoms with Crippen LogP contribution in [0.4, 0.5) is 0 Å². The molecule has 7 aromatic rings. The van der Waals surface area contributed by atoms with Crippen molar-refractivity contribution in [2.45, 2.75) is 132 Å². The first-order valence-corrected chi connectivity index (χ1v) is 26.7. The molecule has 0 fully saturated rings. The molecule has 0 N–H and O–H groups in total. The lowest BCUT2D eigenvalue weighted by Gasteiger charge is -2.36. The Morgan fingerprint density at radius 1 is 0.209 bits per heavy atom. The van der Waals surface area contributed by atoms with Gasteiger partial charge in [-0.1, -0.05) is 142 Å². The summed E-state index contributed by atoms with van der Waals surface area (Å²) in [7, 11) is 0. The molecule has 0 aliphatic carbocycles. The number of benzene rings is 2. The lowest BCUT2D eigenvalue weighted by Crippen LogP contribution is -2.75. The van der Waals surface area contributed by atoms with Crippen LogP contribution in [0.25, 0.3) is 0 Å². The molecule has 0 atom stereocenters. The van der Waals surface area contributed by atoms with Crippen LogP contribution in [0, 0.1) is 0 Å². The molecule has 11 heterocycles. The van der Waals surface area contributed by atoms with Crippen LogP contribution in [-0.2, 0) is 0 Å². The van der Waals surface area contributed by atoms with Crippen LogP contribution in [0.15, 0.2) is 195 Å². The minimum Gasteiger partial charge on any atom is -0.423 e. The number of aromatic nitrogens is 5. The topological polar surface area (TPSA) is 19.4 Å². The fourth-order valence-electron chi connectivity index (χ4n) is 13.2. The predicted octanol–water partition coefficient (Wildman–Crippen LogP) is 8.51. The van der Waals surface area contributed by atoms with Gasteiger partial charge in [0.2, 0.25) is 0 Å². The van der Waals surface area contributed by atoms with Crippen molar-refractivity contribution in [1.29, 1.82) is 0 Å². The summed E-state index contributed by atoms with van der Waals surface area (Å²) in [4.78, 5) is 0. The zero-order chi connectivity index (χ0) is 48.0. The molecule has 2 aromatic carbocycles. The largest absolute Gasteiger partial charge is 0.423 e. The van der Waals surface area contributed by atoms with Crippen LogP contribution in [0.5, 0.6) is 0 Å². The van der Waals surface area contributed by atoms with Crippen LogP contribution < -0.4 is 49.7 Å². The van der Waals surface area contributed by atoms with Gasteiger partial charge >= 0.3 is 31.4 Å². The third-order valence-electron chi connectivity index (χ3n) is 18.4. The number of rotatable bonds is 10. The fraction of sp³-hybridized carbons (Fsp3) is 0.351. The highest BCUT2D eigenvalue weighted by molar-refractivity contribution is 6.87. The number of nitrogens with zero attached hydrogens (tertiary/aromatic N) is 5. The first-order chi connectivity index (χ1) is 32.7. The van der Waals surface area contributed by atoms with Crippen LogP contribution >= 0.6 is 0 Å². The van der Waals surface area contributed by atoms with Crippen molar-refractivity contribution in [2.24, 2.45) is 0 Å². The summed E-state index contributed by atoms with van der Waals surface area (Å²) in [6.07, 6.45) is 30.0. The lowest BCUT2D eigenvalue weighted by atomic mass is 9.26. The third kappa shape index (κ3) is 9.65. The summed E-state index contributed by atoms with van der Waals surface area (Å²) in [5.74, 6) is 0. The van der Waals surface area contributed by atoms with Gasteiger partial charge in [0.05, 0.1) is 0 Å². The fourth-order valence-corrected chi connectivity index (χ4v) is 13.2. The van der Waals surface area contributed by atoms with Crippen LogP contribution in [0.3, 0.4) is 0 Å². The smallest absolute Gasteiger partial charge is 0.305 e. The normalized spacial score (nSPS) is 15.9. The molecule has 0 saturated carbocycles. The van der Waals surface area contributed by atoms with Gasteiger partial charge in [-0.3, -0.25) is 0 Å². The van der Waals surface area contributed by atoms with Crippen molar-refractivity contribution in [3.8, 4) is 0 Å². The van der Waals surface area contributed by atoms with Gasteiger partial charge in [-0.05, 0) is 60.7 Å². The van der Waals surface area contributed by atoms with Gasteiger partial charge in [-0.25, -0.2) is 0 Å². The van der Waals surface area contributed by atoms with E-state index in [1.165, 1.54) is 27.3 Å². The first kappa shape index (κ1) is 50.9.